The Kier molecular flexibility index (Phi) is 3.86. The van der Waals surface area contributed by atoms with Crippen LogP contribution in [0.2, 0.25) is 0 Å². The van der Waals surface area contributed by atoms with Gasteiger partial charge in [-0.05, 0) is 0 Å². The van der Waals surface area contributed by atoms with Gasteiger partial charge in [0.25, 0.3) is 0 Å². The van der Waals surface area contributed by atoms with Gasteiger partial charge in [-0.25, -0.2) is 5.32 Å². The molecular formula is C3H8NO. The van der Waals surface area contributed by atoms with Crippen molar-refractivity contribution in [3.05, 3.63) is 0 Å². The van der Waals surface area contributed by atoms with E-state index < -0.39 is 0 Å². The maximum absolute atomic E-state index is 7.90. The van der Waals surface area contributed by atoms with Gasteiger partial charge < -0.3 is 5.11 Å². The number of hydrogen-bond donors (Lipinski definition) is 1. The zero-order valence-corrected chi connectivity index (χ0v) is 3.31. The number of aliphatic hydroxyl groups excluding tert-OH is 1. The number of hydrogen-bond acceptors (Lipinski definition) is 1. The van der Waals surface area contributed by atoms with Crippen LogP contribution in [0.25, 0.3) is 0 Å². The summed E-state index contributed by atoms with van der Waals surface area (Å²) in [5.41, 5.74) is 0. The molecule has 0 rings (SSSR count). The Labute approximate surface area is 31.8 Å². The minimum atomic E-state index is -0.0312. The van der Waals surface area contributed by atoms with Crippen LogP contribution in [0, 0.1) is 0 Å². The lowest BCUT2D eigenvalue weighted by atomic mass is 10.8. The van der Waals surface area contributed by atoms with Crippen molar-refractivity contribution in [2.75, 3.05) is 13.3 Å². The Bertz CT molecular complexity index is 14.4. The van der Waals surface area contributed by atoms with Gasteiger partial charge >= 0.3 is 0 Å². The predicted molar refractivity (Wildman–Crippen MR) is 19.8 cm³/mol. The molecule has 5 heavy (non-hydrogen) atoms. The molecular weight excluding hydrogens is 66.0 g/mol. The molecule has 0 fully saturated rings. The van der Waals surface area contributed by atoms with Crippen molar-refractivity contribution in [3.8, 4) is 0 Å². The molecule has 0 saturated carbocycles. The first-order valence-electron chi connectivity index (χ1n) is 1.66. The van der Waals surface area contributed by atoms with Crippen molar-refractivity contribution in [3.63, 3.8) is 0 Å². The molecule has 0 spiro atoms. The third-order valence-electron chi connectivity index (χ3n) is 0.324. The minimum Gasteiger partial charge on any atom is -0.380 e. The van der Waals surface area contributed by atoms with E-state index in [0.29, 0.717) is 0 Å². The summed E-state index contributed by atoms with van der Waals surface area (Å²) in [6.45, 7) is 2.57. The van der Waals surface area contributed by atoms with Gasteiger partial charge in [0.05, 0.1) is 0 Å². The molecule has 0 aromatic rings. The third kappa shape index (κ3) is 3.92. The Morgan fingerprint density at radius 3 is 2.40 bits per heavy atom. The van der Waals surface area contributed by atoms with E-state index in [2.05, 4.69) is 5.32 Å². The normalized spacial score (nSPS) is 8.40. The van der Waals surface area contributed by atoms with Crippen molar-refractivity contribution in [2.24, 2.45) is 0 Å². The van der Waals surface area contributed by atoms with Crippen LogP contribution in [0.3, 0.4) is 0 Å². The van der Waals surface area contributed by atoms with Gasteiger partial charge in [0.2, 0.25) is 0 Å². The summed E-state index contributed by atoms with van der Waals surface area (Å²) in [6.07, 6.45) is 0. The highest BCUT2D eigenvalue weighted by atomic mass is 16.3. The van der Waals surface area contributed by atoms with Crippen LogP contribution in [-0.4, -0.2) is 18.4 Å². The van der Waals surface area contributed by atoms with Gasteiger partial charge in [0.1, 0.15) is 6.73 Å². The molecule has 0 bridgehead atoms. The SMILES string of the molecule is CC[N]CO. The topological polar surface area (TPSA) is 34.3 Å². The van der Waals surface area contributed by atoms with Crippen LogP contribution in [-0.2, 0) is 0 Å². The third-order valence-corrected chi connectivity index (χ3v) is 0.324. The maximum atomic E-state index is 7.90. The van der Waals surface area contributed by atoms with Crippen molar-refractivity contribution in [2.45, 2.75) is 6.92 Å². The van der Waals surface area contributed by atoms with Gasteiger partial charge in [-0.15, -0.1) is 0 Å². The first kappa shape index (κ1) is 4.92. The van der Waals surface area contributed by atoms with E-state index in [-0.39, 0.29) is 6.73 Å². The first-order chi connectivity index (χ1) is 2.41. The Hall–Kier alpha value is -0.0800. The Morgan fingerprint density at radius 2 is 2.40 bits per heavy atom. The summed E-state index contributed by atoms with van der Waals surface area (Å²) >= 11 is 0. The fraction of sp³-hybridized carbons (Fsp3) is 1.00. The molecule has 1 N–H and O–H groups in total. The summed E-state index contributed by atoms with van der Waals surface area (Å²) in [5.74, 6) is 0. The van der Waals surface area contributed by atoms with Crippen LogP contribution in [0.5, 0.6) is 0 Å². The molecule has 0 aromatic carbocycles. The lowest BCUT2D eigenvalue weighted by molar-refractivity contribution is 0.260. The maximum Gasteiger partial charge on any atom is 0.109 e. The second-order valence-corrected chi connectivity index (χ2v) is 0.681. The Balaban J connectivity index is 2.19. The van der Waals surface area contributed by atoms with Crippen molar-refractivity contribution >= 4 is 0 Å². The monoisotopic (exact) mass is 74.1 g/mol. The second-order valence-electron chi connectivity index (χ2n) is 0.681. The van der Waals surface area contributed by atoms with E-state index in [1.54, 1.807) is 0 Å². The summed E-state index contributed by atoms with van der Waals surface area (Å²) in [4.78, 5) is 0. The highest BCUT2D eigenvalue weighted by Gasteiger charge is 1.66. The van der Waals surface area contributed by atoms with Gasteiger partial charge in [-0.1, -0.05) is 6.92 Å². The second kappa shape index (κ2) is 3.92. The van der Waals surface area contributed by atoms with Gasteiger partial charge in [0.15, 0.2) is 0 Å². The molecule has 0 heterocycles. The molecule has 0 aliphatic carbocycles. The predicted octanol–water partition coefficient (Wildman–Crippen LogP) is -0.439. The average Bonchev–Trinajstić information content (AvgIpc) is 1.41. The number of rotatable bonds is 2. The molecule has 2 nitrogen and oxygen atoms in total. The van der Waals surface area contributed by atoms with Crippen molar-refractivity contribution in [1.29, 1.82) is 0 Å². The molecule has 1 radical (unpaired) electrons. The van der Waals surface area contributed by atoms with Gasteiger partial charge in [-0.3, -0.25) is 0 Å². The van der Waals surface area contributed by atoms with Crippen LogP contribution in [0.15, 0.2) is 0 Å². The molecule has 31 valence electrons. The molecule has 0 unspecified atom stereocenters. The van der Waals surface area contributed by atoms with E-state index >= 15 is 0 Å². The van der Waals surface area contributed by atoms with Gasteiger partial charge in [-0.2, -0.15) is 0 Å². The average molecular weight is 74.1 g/mol. The molecule has 2 heteroatoms. The fourth-order valence-corrected chi connectivity index (χ4v) is 0.1000. The Morgan fingerprint density at radius 1 is 1.80 bits per heavy atom. The van der Waals surface area contributed by atoms with Crippen LogP contribution < -0.4 is 5.32 Å². The summed E-state index contributed by atoms with van der Waals surface area (Å²) in [6, 6.07) is 0. The van der Waals surface area contributed by atoms with Gasteiger partial charge in [0, 0.05) is 6.54 Å². The van der Waals surface area contributed by atoms with Crippen molar-refractivity contribution in [1.82, 2.24) is 5.32 Å². The van der Waals surface area contributed by atoms with E-state index in [1.165, 1.54) is 0 Å². The van der Waals surface area contributed by atoms with E-state index in [1.807, 2.05) is 6.92 Å². The zero-order valence-electron chi connectivity index (χ0n) is 3.31. The summed E-state index contributed by atoms with van der Waals surface area (Å²) in [5, 5.41) is 11.4. The van der Waals surface area contributed by atoms with E-state index in [0.717, 1.165) is 6.54 Å². The standard InChI is InChI=1S/C3H8NO/c1-2-4-3-5/h5H,2-3H2,1H3. The first-order valence-corrected chi connectivity index (χ1v) is 1.66. The lowest BCUT2D eigenvalue weighted by Gasteiger charge is -1.82. The van der Waals surface area contributed by atoms with Crippen molar-refractivity contribution < 1.29 is 5.11 Å². The quantitative estimate of drug-likeness (QED) is 0.473. The smallest absolute Gasteiger partial charge is 0.109 e. The highest BCUT2D eigenvalue weighted by Crippen LogP contribution is 1.48. The van der Waals surface area contributed by atoms with Crippen LogP contribution in [0.4, 0.5) is 0 Å². The molecule has 0 amide bonds. The molecule has 0 aromatic heterocycles. The van der Waals surface area contributed by atoms with Crippen LogP contribution >= 0.6 is 0 Å². The lowest BCUT2D eigenvalue weighted by Crippen LogP contribution is -2.02. The molecule has 0 aliphatic rings. The molecule has 0 atom stereocenters. The molecule has 0 aliphatic heterocycles. The number of aliphatic hydroxyl groups is 1. The largest absolute Gasteiger partial charge is 0.380 e. The summed E-state index contributed by atoms with van der Waals surface area (Å²) in [7, 11) is 0. The zero-order chi connectivity index (χ0) is 4.12. The minimum absolute atomic E-state index is 0.0312. The molecule has 0 saturated heterocycles. The fourth-order valence-electron chi connectivity index (χ4n) is 0.1000. The van der Waals surface area contributed by atoms with E-state index in [4.69, 9.17) is 5.11 Å². The number of nitrogens with zero attached hydrogens (tertiary/aromatic N) is 1. The summed E-state index contributed by atoms with van der Waals surface area (Å²) < 4.78 is 0. The highest BCUT2D eigenvalue weighted by molar-refractivity contribution is 4.19. The van der Waals surface area contributed by atoms with E-state index in [9.17, 15) is 0 Å². The van der Waals surface area contributed by atoms with Crippen LogP contribution in [0.1, 0.15) is 6.92 Å².